The molecule has 2 rings (SSSR count). The zero-order valence-electron chi connectivity index (χ0n) is 13.1. The van der Waals surface area contributed by atoms with Gasteiger partial charge in [-0.25, -0.2) is 0 Å². The summed E-state index contributed by atoms with van der Waals surface area (Å²) in [6.45, 7) is 1.85. The molecule has 0 aliphatic rings. The van der Waals surface area contributed by atoms with Crippen molar-refractivity contribution >= 4 is 23.3 Å². The largest absolute Gasteiger partial charge is 0.508 e. The van der Waals surface area contributed by atoms with Crippen LogP contribution in [0.4, 0.5) is 11.4 Å². The van der Waals surface area contributed by atoms with Gasteiger partial charge in [-0.3, -0.25) is 9.59 Å². The van der Waals surface area contributed by atoms with Crippen molar-refractivity contribution in [2.24, 2.45) is 10.2 Å². The van der Waals surface area contributed by atoms with Crippen LogP contribution < -0.4 is 5.32 Å². The van der Waals surface area contributed by atoms with E-state index in [1.54, 1.807) is 49.4 Å². The number of rotatable bonds is 6. The number of carbonyl (C=O) groups excluding carboxylic acids is 1. The lowest BCUT2D eigenvalue weighted by Crippen LogP contribution is -2.25. The molecule has 2 aromatic rings. The summed E-state index contributed by atoms with van der Waals surface area (Å²) in [4.78, 5) is 22.2. The lowest BCUT2D eigenvalue weighted by atomic mass is 10.2. The highest BCUT2D eigenvalue weighted by atomic mass is 16.4. The van der Waals surface area contributed by atoms with Crippen LogP contribution in [0.15, 0.2) is 52.7 Å². The molecule has 0 bridgehead atoms. The predicted octanol–water partition coefficient (Wildman–Crippen LogP) is 3.32. The molecule has 7 heteroatoms. The number of carboxylic acid groups (broad SMARTS) is 1. The maximum Gasteiger partial charge on any atom is 0.305 e. The number of aliphatic carboxylic acids is 1. The minimum Gasteiger partial charge on any atom is -0.508 e. The van der Waals surface area contributed by atoms with Crippen LogP contribution in [0.5, 0.6) is 5.75 Å². The molecule has 1 amide bonds. The molecule has 0 spiro atoms. The fraction of sp³-hybridized carbons (Fsp3) is 0.176. The Morgan fingerprint density at radius 3 is 2.29 bits per heavy atom. The summed E-state index contributed by atoms with van der Waals surface area (Å²) < 4.78 is 0. The Hall–Kier alpha value is -3.22. The number of hydrogen-bond donors (Lipinski definition) is 3. The molecule has 0 radical (unpaired) electrons. The molecule has 0 atom stereocenters. The minimum absolute atomic E-state index is 0.0792. The first kappa shape index (κ1) is 17.1. The molecule has 2 aromatic carbocycles. The Morgan fingerprint density at radius 2 is 1.67 bits per heavy atom. The van der Waals surface area contributed by atoms with E-state index in [2.05, 4.69) is 15.5 Å². The van der Waals surface area contributed by atoms with Crippen molar-refractivity contribution in [2.45, 2.75) is 13.3 Å². The number of amides is 1. The van der Waals surface area contributed by atoms with Gasteiger partial charge in [0.05, 0.1) is 17.8 Å². The normalized spacial score (nSPS) is 10.7. The lowest BCUT2D eigenvalue weighted by molar-refractivity contribution is -0.136. The van der Waals surface area contributed by atoms with Gasteiger partial charge in [0, 0.05) is 12.1 Å². The molecular formula is C17H17N3O4. The SMILES string of the molecule is Cc1cc(N=Nc2ccc(C(=O)NCCC(=O)O)cc2)ccc1O. The second kappa shape index (κ2) is 7.87. The minimum atomic E-state index is -0.962. The monoisotopic (exact) mass is 327 g/mol. The van der Waals surface area contributed by atoms with Crippen LogP contribution in [0.1, 0.15) is 22.3 Å². The van der Waals surface area contributed by atoms with Gasteiger partial charge in [-0.2, -0.15) is 10.2 Å². The van der Waals surface area contributed by atoms with Gasteiger partial charge in [0.15, 0.2) is 0 Å². The van der Waals surface area contributed by atoms with Crippen LogP contribution >= 0.6 is 0 Å². The highest BCUT2D eigenvalue weighted by molar-refractivity contribution is 5.94. The van der Waals surface area contributed by atoms with Crippen molar-refractivity contribution in [3.63, 3.8) is 0 Å². The van der Waals surface area contributed by atoms with Gasteiger partial charge in [0.2, 0.25) is 0 Å². The third-order valence-electron chi connectivity index (χ3n) is 3.22. The van der Waals surface area contributed by atoms with E-state index >= 15 is 0 Å². The van der Waals surface area contributed by atoms with E-state index in [1.807, 2.05) is 0 Å². The summed E-state index contributed by atoms with van der Waals surface area (Å²) in [6.07, 6.45) is -0.121. The summed E-state index contributed by atoms with van der Waals surface area (Å²) in [6, 6.07) is 11.4. The van der Waals surface area contributed by atoms with Crippen LogP contribution in [0, 0.1) is 6.92 Å². The van der Waals surface area contributed by atoms with Gasteiger partial charge in [-0.1, -0.05) is 0 Å². The number of hydrogen-bond acceptors (Lipinski definition) is 5. The molecule has 0 fully saturated rings. The number of phenols is 1. The van der Waals surface area contributed by atoms with Crippen molar-refractivity contribution in [2.75, 3.05) is 6.54 Å². The van der Waals surface area contributed by atoms with Crippen LogP contribution in [-0.4, -0.2) is 28.6 Å². The van der Waals surface area contributed by atoms with E-state index in [9.17, 15) is 14.7 Å². The summed E-state index contributed by atoms with van der Waals surface area (Å²) >= 11 is 0. The van der Waals surface area contributed by atoms with Crippen molar-refractivity contribution in [1.82, 2.24) is 5.32 Å². The molecule has 0 aliphatic heterocycles. The van der Waals surface area contributed by atoms with Gasteiger partial charge in [-0.15, -0.1) is 0 Å². The van der Waals surface area contributed by atoms with Gasteiger partial charge in [0.25, 0.3) is 5.91 Å². The highest BCUT2D eigenvalue weighted by Crippen LogP contribution is 2.24. The lowest BCUT2D eigenvalue weighted by Gasteiger charge is -2.03. The average Bonchev–Trinajstić information content (AvgIpc) is 2.56. The highest BCUT2D eigenvalue weighted by Gasteiger charge is 2.06. The first-order valence-electron chi connectivity index (χ1n) is 7.27. The van der Waals surface area contributed by atoms with E-state index in [0.29, 0.717) is 22.5 Å². The van der Waals surface area contributed by atoms with Crippen LogP contribution in [-0.2, 0) is 4.79 Å². The quantitative estimate of drug-likeness (QED) is 0.706. The van der Waals surface area contributed by atoms with Crippen molar-refractivity contribution in [1.29, 1.82) is 0 Å². The number of aryl methyl sites for hydroxylation is 1. The van der Waals surface area contributed by atoms with Crippen molar-refractivity contribution in [3.8, 4) is 5.75 Å². The molecule has 7 nitrogen and oxygen atoms in total. The average molecular weight is 327 g/mol. The fourth-order valence-corrected chi connectivity index (χ4v) is 1.88. The maximum atomic E-state index is 11.8. The van der Waals surface area contributed by atoms with Crippen LogP contribution in [0.3, 0.4) is 0 Å². The van der Waals surface area contributed by atoms with E-state index < -0.39 is 5.97 Å². The molecule has 124 valence electrons. The van der Waals surface area contributed by atoms with Crippen LogP contribution in [0.25, 0.3) is 0 Å². The summed E-state index contributed by atoms with van der Waals surface area (Å²) in [5, 5.41) is 28.7. The standard InChI is InChI=1S/C17H17N3O4/c1-11-10-14(6-7-15(11)21)20-19-13-4-2-12(3-5-13)17(24)18-9-8-16(22)23/h2-7,10,21H,8-9H2,1H3,(H,18,24)(H,22,23). The molecule has 3 N–H and O–H groups in total. The zero-order valence-corrected chi connectivity index (χ0v) is 13.1. The predicted molar refractivity (Wildman–Crippen MR) is 88.0 cm³/mol. The molecule has 0 aromatic heterocycles. The fourth-order valence-electron chi connectivity index (χ4n) is 1.88. The summed E-state index contributed by atoms with van der Waals surface area (Å²) in [5.74, 6) is -1.10. The van der Waals surface area contributed by atoms with E-state index in [1.165, 1.54) is 0 Å². The number of carbonyl (C=O) groups is 2. The molecule has 0 unspecified atom stereocenters. The summed E-state index contributed by atoms with van der Waals surface area (Å²) in [7, 11) is 0. The number of phenolic OH excluding ortho intramolecular Hbond substituents is 1. The molecule has 0 aliphatic carbocycles. The Kier molecular flexibility index (Phi) is 5.62. The Balaban J connectivity index is 1.98. The number of benzene rings is 2. The summed E-state index contributed by atoms with van der Waals surface area (Å²) in [5.41, 5.74) is 2.31. The number of nitrogens with one attached hydrogen (secondary N) is 1. The Labute approximate surface area is 138 Å². The number of azo groups is 1. The molecule has 0 heterocycles. The number of aromatic hydroxyl groups is 1. The molecule has 24 heavy (non-hydrogen) atoms. The Morgan fingerprint density at radius 1 is 1.04 bits per heavy atom. The zero-order chi connectivity index (χ0) is 17.5. The van der Waals surface area contributed by atoms with Gasteiger partial charge in [0.1, 0.15) is 5.75 Å². The third-order valence-corrected chi connectivity index (χ3v) is 3.22. The molecular weight excluding hydrogens is 310 g/mol. The maximum absolute atomic E-state index is 11.8. The van der Waals surface area contributed by atoms with Crippen LogP contribution in [0.2, 0.25) is 0 Å². The second-order valence-electron chi connectivity index (χ2n) is 5.12. The van der Waals surface area contributed by atoms with Crippen molar-refractivity contribution in [3.05, 3.63) is 53.6 Å². The number of nitrogens with zero attached hydrogens (tertiary/aromatic N) is 2. The van der Waals surface area contributed by atoms with Crippen molar-refractivity contribution < 1.29 is 19.8 Å². The smallest absolute Gasteiger partial charge is 0.305 e. The first-order chi connectivity index (χ1) is 11.5. The van der Waals surface area contributed by atoms with E-state index in [0.717, 1.165) is 0 Å². The third kappa shape index (κ3) is 4.91. The second-order valence-corrected chi connectivity index (χ2v) is 5.12. The van der Waals surface area contributed by atoms with Gasteiger partial charge < -0.3 is 15.5 Å². The topological polar surface area (TPSA) is 111 Å². The van der Waals surface area contributed by atoms with Gasteiger partial charge in [-0.05, 0) is 55.0 Å². The van der Waals surface area contributed by atoms with E-state index in [4.69, 9.17) is 5.11 Å². The number of carboxylic acids is 1. The molecule has 0 saturated carbocycles. The first-order valence-corrected chi connectivity index (χ1v) is 7.27. The Bertz CT molecular complexity index is 770. The molecule has 0 saturated heterocycles. The van der Waals surface area contributed by atoms with E-state index in [-0.39, 0.29) is 24.6 Å². The van der Waals surface area contributed by atoms with Gasteiger partial charge >= 0.3 is 5.97 Å².